The van der Waals surface area contributed by atoms with Crippen LogP contribution in [-0.2, 0) is 10.0 Å². The first-order valence-electron chi connectivity index (χ1n) is 8.76. The fourth-order valence-electron chi connectivity index (χ4n) is 3.13. The average Bonchev–Trinajstić information content (AvgIpc) is 3.18. The number of rotatable bonds is 4. The summed E-state index contributed by atoms with van der Waals surface area (Å²) in [5.74, 6) is 0. The molecule has 0 radical (unpaired) electrons. The van der Waals surface area contributed by atoms with Crippen molar-refractivity contribution in [2.75, 3.05) is 31.1 Å². The highest BCUT2D eigenvalue weighted by atomic mass is 35.5. The van der Waals surface area contributed by atoms with Crippen LogP contribution in [0.2, 0.25) is 15.1 Å². The van der Waals surface area contributed by atoms with E-state index in [0.717, 1.165) is 16.4 Å². The van der Waals surface area contributed by atoms with Crippen molar-refractivity contribution in [3.05, 3.63) is 62.9 Å². The largest absolute Gasteiger partial charge is 0.345 e. The van der Waals surface area contributed by atoms with Crippen molar-refractivity contribution in [3.63, 3.8) is 0 Å². The summed E-state index contributed by atoms with van der Waals surface area (Å²) >= 11 is 19.7. The summed E-state index contributed by atoms with van der Waals surface area (Å²) in [4.78, 5) is 6.98. The number of piperazine rings is 1. The highest BCUT2D eigenvalue weighted by molar-refractivity contribution is 7.89. The number of thiazole rings is 1. The molecule has 0 saturated carbocycles. The Kier molecular flexibility index (Phi) is 6.06. The molecule has 152 valence electrons. The minimum atomic E-state index is -3.56. The Hall–Kier alpha value is -1.35. The van der Waals surface area contributed by atoms with Crippen molar-refractivity contribution < 1.29 is 8.42 Å². The van der Waals surface area contributed by atoms with Gasteiger partial charge in [0.1, 0.15) is 0 Å². The molecule has 0 bridgehead atoms. The van der Waals surface area contributed by atoms with E-state index in [9.17, 15) is 8.42 Å². The number of sulfonamides is 1. The quantitative estimate of drug-likeness (QED) is 0.501. The van der Waals surface area contributed by atoms with Crippen LogP contribution < -0.4 is 4.90 Å². The minimum Gasteiger partial charge on any atom is -0.345 e. The molecule has 1 fully saturated rings. The molecule has 1 aromatic heterocycles. The average molecular weight is 489 g/mol. The van der Waals surface area contributed by atoms with E-state index in [4.69, 9.17) is 34.8 Å². The van der Waals surface area contributed by atoms with E-state index in [1.807, 2.05) is 11.4 Å². The number of benzene rings is 2. The van der Waals surface area contributed by atoms with Gasteiger partial charge in [0, 0.05) is 47.2 Å². The Labute approximate surface area is 188 Å². The number of hydrogen-bond donors (Lipinski definition) is 0. The summed E-state index contributed by atoms with van der Waals surface area (Å²) in [5, 5.41) is 4.31. The number of anilines is 1. The Morgan fingerprint density at radius 1 is 0.931 bits per heavy atom. The lowest BCUT2D eigenvalue weighted by atomic mass is 10.2. The third-order valence-electron chi connectivity index (χ3n) is 4.64. The Morgan fingerprint density at radius 2 is 1.66 bits per heavy atom. The second kappa shape index (κ2) is 8.41. The fourth-order valence-corrected chi connectivity index (χ4v) is 6.23. The predicted molar refractivity (Wildman–Crippen MR) is 120 cm³/mol. The predicted octanol–water partition coefficient (Wildman–Crippen LogP) is 5.28. The van der Waals surface area contributed by atoms with Crippen molar-refractivity contribution >= 4 is 61.3 Å². The third kappa shape index (κ3) is 4.40. The molecule has 4 rings (SSSR count). The standard InChI is InChI=1S/C19H16Cl3N3O2S2/c20-13-2-1-3-15(10-13)29(26,27)25-8-6-24(7-9-25)19-23-18(12-28-19)16-5-4-14(21)11-17(16)22/h1-5,10-12H,6-9H2. The number of aromatic nitrogens is 1. The molecule has 5 nitrogen and oxygen atoms in total. The molecule has 0 amide bonds. The van der Waals surface area contributed by atoms with Gasteiger partial charge < -0.3 is 4.90 Å². The molecule has 1 aliphatic rings. The summed E-state index contributed by atoms with van der Waals surface area (Å²) < 4.78 is 27.2. The maximum absolute atomic E-state index is 12.8. The van der Waals surface area contributed by atoms with Crippen molar-refractivity contribution in [1.29, 1.82) is 0 Å². The molecule has 0 unspecified atom stereocenters. The van der Waals surface area contributed by atoms with Crippen LogP contribution >= 0.6 is 46.1 Å². The molecule has 0 spiro atoms. The summed E-state index contributed by atoms with van der Waals surface area (Å²) in [6, 6.07) is 11.7. The first kappa shape index (κ1) is 20.9. The second-order valence-corrected chi connectivity index (χ2v) is 10.5. The van der Waals surface area contributed by atoms with E-state index in [0.29, 0.717) is 41.2 Å². The Bertz CT molecular complexity index is 1140. The van der Waals surface area contributed by atoms with E-state index in [2.05, 4.69) is 9.88 Å². The minimum absolute atomic E-state index is 0.215. The molecule has 10 heteroatoms. The van der Waals surface area contributed by atoms with Crippen LogP contribution in [0.25, 0.3) is 11.3 Å². The lowest BCUT2D eigenvalue weighted by Gasteiger charge is -2.33. The van der Waals surface area contributed by atoms with Gasteiger partial charge >= 0.3 is 0 Å². The first-order valence-corrected chi connectivity index (χ1v) is 12.2. The summed E-state index contributed by atoms with van der Waals surface area (Å²) in [5.41, 5.74) is 1.60. The molecule has 2 aromatic carbocycles. The zero-order chi connectivity index (χ0) is 20.6. The van der Waals surface area contributed by atoms with E-state index in [1.165, 1.54) is 21.7 Å². The van der Waals surface area contributed by atoms with Crippen molar-refractivity contribution in [2.24, 2.45) is 0 Å². The molecule has 1 aliphatic heterocycles. The van der Waals surface area contributed by atoms with Crippen LogP contribution in [0.5, 0.6) is 0 Å². The first-order chi connectivity index (χ1) is 13.8. The van der Waals surface area contributed by atoms with Gasteiger partial charge in [0.15, 0.2) is 5.13 Å². The molecule has 0 aliphatic carbocycles. The van der Waals surface area contributed by atoms with Gasteiger partial charge in [-0.2, -0.15) is 4.31 Å². The van der Waals surface area contributed by atoms with Crippen LogP contribution in [0, 0.1) is 0 Å². The molecule has 0 atom stereocenters. The van der Waals surface area contributed by atoms with Gasteiger partial charge in [-0.05, 0) is 36.4 Å². The molecule has 29 heavy (non-hydrogen) atoms. The zero-order valence-electron chi connectivity index (χ0n) is 15.1. The highest BCUT2D eigenvalue weighted by Gasteiger charge is 2.29. The van der Waals surface area contributed by atoms with Crippen LogP contribution in [0.1, 0.15) is 0 Å². The molecular formula is C19H16Cl3N3O2S2. The van der Waals surface area contributed by atoms with E-state index >= 15 is 0 Å². The van der Waals surface area contributed by atoms with E-state index < -0.39 is 10.0 Å². The molecule has 1 saturated heterocycles. The van der Waals surface area contributed by atoms with Crippen molar-refractivity contribution in [1.82, 2.24) is 9.29 Å². The van der Waals surface area contributed by atoms with Crippen LogP contribution in [0.15, 0.2) is 52.7 Å². The topological polar surface area (TPSA) is 53.5 Å². The van der Waals surface area contributed by atoms with E-state index in [-0.39, 0.29) is 4.90 Å². The maximum Gasteiger partial charge on any atom is 0.243 e. The number of nitrogens with zero attached hydrogens (tertiary/aromatic N) is 3. The summed E-state index contributed by atoms with van der Waals surface area (Å²) in [7, 11) is -3.56. The highest BCUT2D eigenvalue weighted by Crippen LogP contribution is 2.34. The van der Waals surface area contributed by atoms with Crippen molar-refractivity contribution in [2.45, 2.75) is 4.90 Å². The summed E-state index contributed by atoms with van der Waals surface area (Å²) in [6.45, 7) is 1.87. The van der Waals surface area contributed by atoms with Crippen molar-refractivity contribution in [3.8, 4) is 11.3 Å². The monoisotopic (exact) mass is 487 g/mol. The van der Waals surface area contributed by atoms with Crippen LogP contribution in [0.4, 0.5) is 5.13 Å². The number of halogens is 3. The third-order valence-corrected chi connectivity index (χ3v) is 8.22. The van der Waals surface area contributed by atoms with Crippen LogP contribution in [-0.4, -0.2) is 43.9 Å². The normalized spacial score (nSPS) is 15.6. The lowest BCUT2D eigenvalue weighted by molar-refractivity contribution is 0.385. The second-order valence-electron chi connectivity index (χ2n) is 6.49. The lowest BCUT2D eigenvalue weighted by Crippen LogP contribution is -2.48. The molecule has 3 aromatic rings. The van der Waals surface area contributed by atoms with Gasteiger partial charge in [-0.25, -0.2) is 13.4 Å². The van der Waals surface area contributed by atoms with Gasteiger partial charge in [-0.3, -0.25) is 0 Å². The van der Waals surface area contributed by atoms with E-state index in [1.54, 1.807) is 30.3 Å². The smallest absolute Gasteiger partial charge is 0.243 e. The maximum atomic E-state index is 12.8. The van der Waals surface area contributed by atoms with Gasteiger partial charge in [0.2, 0.25) is 10.0 Å². The van der Waals surface area contributed by atoms with Gasteiger partial charge in [0.25, 0.3) is 0 Å². The molecule has 2 heterocycles. The Balaban J connectivity index is 1.47. The van der Waals surface area contributed by atoms with Gasteiger partial charge in [0.05, 0.1) is 15.6 Å². The van der Waals surface area contributed by atoms with Gasteiger partial charge in [-0.1, -0.05) is 40.9 Å². The zero-order valence-corrected chi connectivity index (χ0v) is 19.0. The van der Waals surface area contributed by atoms with Gasteiger partial charge in [-0.15, -0.1) is 11.3 Å². The molecule has 0 N–H and O–H groups in total. The molecular weight excluding hydrogens is 473 g/mol. The Morgan fingerprint density at radius 3 is 2.34 bits per heavy atom. The fraction of sp³-hybridized carbons (Fsp3) is 0.211. The van der Waals surface area contributed by atoms with Crippen LogP contribution in [0.3, 0.4) is 0 Å². The SMILES string of the molecule is O=S(=O)(c1cccc(Cl)c1)N1CCN(c2nc(-c3ccc(Cl)cc3Cl)cs2)CC1. The summed E-state index contributed by atoms with van der Waals surface area (Å²) in [6.07, 6.45) is 0. The number of hydrogen-bond acceptors (Lipinski definition) is 5.